The third-order valence-corrected chi connectivity index (χ3v) is 9.10. The average molecular weight is 770 g/mol. The van der Waals surface area contributed by atoms with Crippen molar-refractivity contribution in [2.75, 3.05) is 62.7 Å². The van der Waals surface area contributed by atoms with Gasteiger partial charge in [0, 0.05) is 68.7 Å². The Kier molecular flexibility index (Phi) is 13.5. The van der Waals surface area contributed by atoms with E-state index in [0.29, 0.717) is 50.4 Å². The molecule has 0 aliphatic carbocycles. The Morgan fingerprint density at radius 2 is 1.70 bits per heavy atom. The van der Waals surface area contributed by atoms with Gasteiger partial charge >= 0.3 is 12.3 Å². The number of rotatable bonds is 7. The molecule has 0 saturated carbocycles. The number of aryl methyl sites for hydroxylation is 1. The van der Waals surface area contributed by atoms with Gasteiger partial charge < -0.3 is 30.9 Å². The minimum absolute atomic E-state index is 0. The molecule has 3 heterocycles. The van der Waals surface area contributed by atoms with Crippen molar-refractivity contribution >= 4 is 47.4 Å². The van der Waals surface area contributed by atoms with E-state index in [-0.39, 0.29) is 65.0 Å². The van der Waals surface area contributed by atoms with Gasteiger partial charge in [-0.05, 0) is 88.9 Å². The number of amides is 2. The Balaban J connectivity index is 0.00000650. The molecular weight excluding hydrogens is 723 g/mol. The van der Waals surface area contributed by atoms with Gasteiger partial charge in [-0.2, -0.15) is 13.2 Å². The molecule has 290 valence electrons. The lowest BCUT2D eigenvalue weighted by atomic mass is 10.0. The Morgan fingerprint density at radius 3 is 2.35 bits per heavy atom. The van der Waals surface area contributed by atoms with Crippen LogP contribution in [0.25, 0.3) is 0 Å². The summed E-state index contributed by atoms with van der Waals surface area (Å²) >= 11 is 0. The van der Waals surface area contributed by atoms with E-state index in [0.717, 1.165) is 24.7 Å². The molecule has 0 bridgehead atoms. The Hall–Kier alpha value is -4.91. The number of nitrogens with zero attached hydrogens (tertiary/aromatic N) is 5. The number of alkyl halides is 3. The maximum atomic E-state index is 14.1. The van der Waals surface area contributed by atoms with E-state index in [4.69, 9.17) is 15.9 Å². The van der Waals surface area contributed by atoms with Crippen LogP contribution in [0.4, 0.5) is 35.3 Å². The van der Waals surface area contributed by atoms with E-state index in [2.05, 4.69) is 37.3 Å². The fourth-order valence-electron chi connectivity index (χ4n) is 6.08. The lowest BCUT2D eigenvalue weighted by Gasteiger charge is -2.34. The summed E-state index contributed by atoms with van der Waals surface area (Å²) in [6.45, 7) is 11.3. The monoisotopic (exact) mass is 769 g/mol. The summed E-state index contributed by atoms with van der Waals surface area (Å²) in [6.07, 6.45) is -2.43. The number of hydrogen-bond donors (Lipinski definition) is 4. The molecule has 54 heavy (non-hydrogen) atoms. The van der Waals surface area contributed by atoms with Crippen molar-refractivity contribution in [2.45, 2.75) is 64.9 Å². The van der Waals surface area contributed by atoms with Crippen molar-refractivity contribution in [2.24, 2.45) is 0 Å². The minimum Gasteiger partial charge on any atom is -0.444 e. The molecule has 0 unspecified atom stereocenters. The van der Waals surface area contributed by atoms with Crippen molar-refractivity contribution in [1.29, 1.82) is 5.41 Å². The van der Waals surface area contributed by atoms with E-state index in [1.807, 2.05) is 32.7 Å². The number of carbonyl (C=O) groups is 2. The summed E-state index contributed by atoms with van der Waals surface area (Å²) < 4.78 is 47.8. The first-order valence-corrected chi connectivity index (χ1v) is 17.5. The first-order valence-electron chi connectivity index (χ1n) is 17.5. The number of nitrogen functional groups attached to an aromatic ring is 1. The van der Waals surface area contributed by atoms with Gasteiger partial charge in [-0.25, -0.2) is 14.8 Å². The van der Waals surface area contributed by atoms with Gasteiger partial charge in [-0.15, -0.1) is 12.4 Å². The van der Waals surface area contributed by atoms with Crippen LogP contribution in [0.5, 0.6) is 0 Å². The molecular formula is C38H47ClF3N9O3. The summed E-state index contributed by atoms with van der Waals surface area (Å²) in [4.78, 5) is 39.9. The van der Waals surface area contributed by atoms with Gasteiger partial charge in [-0.1, -0.05) is 18.1 Å². The van der Waals surface area contributed by atoms with Crippen LogP contribution in [0.15, 0.2) is 42.7 Å². The van der Waals surface area contributed by atoms with Crippen LogP contribution in [0, 0.1) is 24.2 Å². The first kappa shape index (κ1) is 41.8. The largest absolute Gasteiger partial charge is 0.444 e. The second kappa shape index (κ2) is 17.5. The number of anilines is 3. The number of hydrogen-bond acceptors (Lipinski definition) is 10. The first-order chi connectivity index (χ1) is 25.0. The molecule has 1 aromatic heterocycles. The number of carbonyl (C=O) groups excluding carboxylic acids is 2. The van der Waals surface area contributed by atoms with Gasteiger partial charge in [0.05, 0.1) is 11.1 Å². The molecule has 2 amide bonds. The number of halogens is 4. The van der Waals surface area contributed by atoms with Gasteiger partial charge in [0.1, 0.15) is 29.3 Å². The number of likely N-dealkylation sites (tertiary alicyclic amines) is 1. The standard InChI is InChI=1S/C38H46F3N9O3.ClH/c1-24-6-7-26(35(51)47-29-10-8-27(30(21-29)38(39,40)41)22-49-18-16-48(5)17-19-49)20-25(24)9-11-31(42)32-33(43)44-23-45-34(32)46-28-12-14-50(15-13-28)36(52)53-37(2,3)4;/h6-8,10,20-21,23,28,42H,12-19,22H2,1-5H3,(H,47,51)(H3,43,44,45,46);1H. The Morgan fingerprint density at radius 1 is 1.02 bits per heavy atom. The van der Waals surface area contributed by atoms with Gasteiger partial charge in [-0.3, -0.25) is 15.1 Å². The molecule has 0 spiro atoms. The molecule has 0 atom stereocenters. The number of nitrogens with two attached hydrogens (primary N) is 1. The number of benzene rings is 2. The molecule has 2 aliphatic heterocycles. The molecule has 2 saturated heterocycles. The summed E-state index contributed by atoms with van der Waals surface area (Å²) in [5.74, 6) is 5.53. The van der Waals surface area contributed by atoms with E-state index in [1.54, 1.807) is 24.0 Å². The maximum absolute atomic E-state index is 14.1. The number of aromatic nitrogens is 2. The molecule has 2 aliphatic rings. The minimum atomic E-state index is -4.60. The lowest BCUT2D eigenvalue weighted by molar-refractivity contribution is -0.138. The van der Waals surface area contributed by atoms with E-state index >= 15 is 0 Å². The molecule has 5 rings (SSSR count). The fraction of sp³-hybridized carbons (Fsp3) is 0.447. The number of nitrogens with one attached hydrogen (secondary N) is 3. The third kappa shape index (κ3) is 11.1. The number of piperidine rings is 1. The van der Waals surface area contributed by atoms with Crippen molar-refractivity contribution in [3.8, 4) is 11.8 Å². The number of likely N-dealkylation sites (N-methyl/N-ethyl adjacent to an activating group) is 1. The van der Waals surface area contributed by atoms with Gasteiger partial charge in [0.2, 0.25) is 0 Å². The van der Waals surface area contributed by atoms with Crippen LogP contribution in [-0.2, 0) is 17.5 Å². The van der Waals surface area contributed by atoms with Crippen LogP contribution in [0.1, 0.15) is 71.8 Å². The molecule has 0 radical (unpaired) electrons. The quantitative estimate of drug-likeness (QED) is 0.167. The third-order valence-electron chi connectivity index (χ3n) is 9.10. The van der Waals surface area contributed by atoms with Crippen molar-refractivity contribution in [3.63, 3.8) is 0 Å². The zero-order valence-electron chi connectivity index (χ0n) is 31.1. The summed E-state index contributed by atoms with van der Waals surface area (Å²) in [7, 11) is 1.98. The predicted octanol–water partition coefficient (Wildman–Crippen LogP) is 6.04. The average Bonchev–Trinajstić information content (AvgIpc) is 3.08. The van der Waals surface area contributed by atoms with Crippen LogP contribution in [0.3, 0.4) is 0 Å². The molecule has 12 nitrogen and oxygen atoms in total. The van der Waals surface area contributed by atoms with E-state index < -0.39 is 23.2 Å². The second-order valence-electron chi connectivity index (χ2n) is 14.4. The Bertz CT molecular complexity index is 1910. The SMILES string of the molecule is Cc1ccc(C(=O)Nc2ccc(CN3CCN(C)CC3)c(C(F)(F)F)c2)cc1C#CC(=N)c1c(N)ncnc1NC1CCN(C(=O)OC(C)(C)C)CC1.Cl. The zero-order valence-corrected chi connectivity index (χ0v) is 31.9. The summed E-state index contributed by atoms with van der Waals surface area (Å²) in [6, 6.07) is 8.59. The van der Waals surface area contributed by atoms with Crippen molar-refractivity contribution < 1.29 is 27.5 Å². The van der Waals surface area contributed by atoms with Crippen LogP contribution < -0.4 is 16.4 Å². The number of piperazine rings is 1. The molecule has 2 aromatic carbocycles. The van der Waals surface area contributed by atoms with Crippen molar-refractivity contribution in [1.82, 2.24) is 24.7 Å². The maximum Gasteiger partial charge on any atom is 0.416 e. The van der Waals surface area contributed by atoms with Crippen molar-refractivity contribution in [3.05, 3.63) is 76.1 Å². The predicted molar refractivity (Wildman–Crippen MR) is 205 cm³/mol. The highest BCUT2D eigenvalue weighted by Gasteiger charge is 2.34. The van der Waals surface area contributed by atoms with Gasteiger partial charge in [0.15, 0.2) is 0 Å². The van der Waals surface area contributed by atoms with E-state index in [1.165, 1.54) is 24.5 Å². The highest BCUT2D eigenvalue weighted by Crippen LogP contribution is 2.35. The fourth-order valence-corrected chi connectivity index (χ4v) is 6.08. The highest BCUT2D eigenvalue weighted by molar-refractivity contribution is 6.16. The molecule has 16 heteroatoms. The van der Waals surface area contributed by atoms with Crippen LogP contribution in [0.2, 0.25) is 0 Å². The van der Waals surface area contributed by atoms with Crippen LogP contribution >= 0.6 is 12.4 Å². The second-order valence-corrected chi connectivity index (χ2v) is 14.4. The van der Waals surface area contributed by atoms with Crippen LogP contribution in [-0.4, -0.2) is 100 Å². The smallest absolute Gasteiger partial charge is 0.416 e. The lowest BCUT2D eigenvalue weighted by Crippen LogP contribution is -2.44. The molecule has 3 aromatic rings. The summed E-state index contributed by atoms with van der Waals surface area (Å²) in [5.41, 5.74) is 6.41. The topological polar surface area (TPSA) is 153 Å². The zero-order chi connectivity index (χ0) is 38.5. The number of ether oxygens (including phenoxy) is 1. The summed E-state index contributed by atoms with van der Waals surface area (Å²) in [5, 5.41) is 14.7. The highest BCUT2D eigenvalue weighted by atomic mass is 35.5. The normalized spacial score (nSPS) is 15.7. The Labute approximate surface area is 319 Å². The molecule has 5 N–H and O–H groups in total. The molecule has 2 fully saturated rings. The van der Waals surface area contributed by atoms with E-state index in [9.17, 15) is 22.8 Å². The van der Waals surface area contributed by atoms with Gasteiger partial charge in [0.25, 0.3) is 5.91 Å².